The van der Waals surface area contributed by atoms with Crippen molar-refractivity contribution in [1.82, 2.24) is 0 Å². The van der Waals surface area contributed by atoms with Gasteiger partial charge in [-0.3, -0.25) is 0 Å². The number of methoxy groups -OCH3 is 2. The molecule has 0 aliphatic carbocycles. The molecule has 1 aromatic heterocycles. The van der Waals surface area contributed by atoms with Crippen molar-refractivity contribution in [3.8, 4) is 22.8 Å². The van der Waals surface area contributed by atoms with Crippen molar-refractivity contribution in [3.05, 3.63) is 66.4 Å². The van der Waals surface area contributed by atoms with Crippen LogP contribution in [0.5, 0.6) is 11.5 Å². The fourth-order valence-electron chi connectivity index (χ4n) is 4.00. The van der Waals surface area contributed by atoms with E-state index < -0.39 is 0 Å². The molecule has 0 unspecified atom stereocenters. The third-order valence-electron chi connectivity index (χ3n) is 5.36. The first kappa shape index (κ1) is 15.2. The Morgan fingerprint density at radius 2 is 1.46 bits per heavy atom. The van der Waals surface area contributed by atoms with Gasteiger partial charge in [-0.05, 0) is 46.0 Å². The van der Waals surface area contributed by atoms with Crippen LogP contribution in [0.2, 0.25) is 0 Å². The Labute approximate surface area is 152 Å². The van der Waals surface area contributed by atoms with E-state index in [1.807, 2.05) is 0 Å². The maximum Gasteiger partial charge on any atom is 0.213 e. The summed E-state index contributed by atoms with van der Waals surface area (Å²) in [5, 5.41) is 5.09. The topological polar surface area (TPSA) is 22.3 Å². The zero-order valence-corrected chi connectivity index (χ0v) is 15.0. The van der Waals surface area contributed by atoms with Crippen molar-refractivity contribution in [2.24, 2.45) is 0 Å². The quantitative estimate of drug-likeness (QED) is 0.395. The largest absolute Gasteiger partial charge is 0.493 e. The summed E-state index contributed by atoms with van der Waals surface area (Å²) >= 11 is 0. The number of pyridine rings is 1. The number of rotatable bonds is 2. The van der Waals surface area contributed by atoms with Crippen LogP contribution in [-0.4, -0.2) is 14.2 Å². The van der Waals surface area contributed by atoms with Gasteiger partial charge in [0.15, 0.2) is 24.2 Å². The van der Waals surface area contributed by atoms with Gasteiger partial charge < -0.3 is 9.47 Å². The number of aromatic nitrogens is 1. The highest BCUT2D eigenvalue weighted by molar-refractivity contribution is 5.98. The summed E-state index contributed by atoms with van der Waals surface area (Å²) in [6.07, 6.45) is 3.27. The van der Waals surface area contributed by atoms with Crippen molar-refractivity contribution in [1.29, 1.82) is 0 Å². The second-order valence-electron chi connectivity index (χ2n) is 6.79. The van der Waals surface area contributed by atoms with Crippen LogP contribution in [-0.2, 0) is 13.0 Å². The van der Waals surface area contributed by atoms with Crippen molar-refractivity contribution >= 4 is 21.5 Å². The second-order valence-corrected chi connectivity index (χ2v) is 6.79. The minimum absolute atomic E-state index is 0.776. The normalized spacial score (nSPS) is 12.7. The summed E-state index contributed by atoms with van der Waals surface area (Å²) in [4.78, 5) is 0. The van der Waals surface area contributed by atoms with E-state index in [0.717, 1.165) is 24.5 Å². The van der Waals surface area contributed by atoms with E-state index >= 15 is 0 Å². The molecule has 5 rings (SSSR count). The molecule has 3 aromatic carbocycles. The van der Waals surface area contributed by atoms with E-state index in [9.17, 15) is 0 Å². The molecule has 26 heavy (non-hydrogen) atoms. The van der Waals surface area contributed by atoms with Gasteiger partial charge in [-0.15, -0.1) is 0 Å². The van der Waals surface area contributed by atoms with Gasteiger partial charge in [0.1, 0.15) is 0 Å². The van der Waals surface area contributed by atoms with Crippen molar-refractivity contribution in [2.75, 3.05) is 14.2 Å². The van der Waals surface area contributed by atoms with Crippen molar-refractivity contribution in [3.63, 3.8) is 0 Å². The fourth-order valence-corrected chi connectivity index (χ4v) is 4.00. The molecule has 0 saturated carbocycles. The van der Waals surface area contributed by atoms with Crippen LogP contribution in [0.15, 0.2) is 60.8 Å². The number of nitrogens with zero attached hydrogens (tertiary/aromatic N) is 1. The Bertz CT molecular complexity index is 1160. The van der Waals surface area contributed by atoms with Crippen LogP contribution >= 0.6 is 0 Å². The monoisotopic (exact) mass is 342 g/mol. The van der Waals surface area contributed by atoms with Gasteiger partial charge in [-0.25, -0.2) is 0 Å². The third-order valence-corrected chi connectivity index (χ3v) is 5.36. The molecule has 2 heterocycles. The Morgan fingerprint density at radius 3 is 2.19 bits per heavy atom. The van der Waals surface area contributed by atoms with Crippen molar-refractivity contribution in [2.45, 2.75) is 13.0 Å². The van der Waals surface area contributed by atoms with Gasteiger partial charge >= 0.3 is 0 Å². The number of benzene rings is 3. The predicted molar refractivity (Wildman–Crippen MR) is 104 cm³/mol. The molecule has 0 atom stereocenters. The van der Waals surface area contributed by atoms with E-state index in [2.05, 4.69) is 65.4 Å². The van der Waals surface area contributed by atoms with Gasteiger partial charge in [-0.2, -0.15) is 4.57 Å². The standard InChI is InChI=1S/C23H20NO2/c1-25-22-12-17-7-8-24-14-19-10-16-6-4-3-5-15(16)9-18(19)11-21(24)20(17)13-23(22)26-2/h3-6,9-14H,7-8H2,1-2H3/q+1. The van der Waals surface area contributed by atoms with Crippen LogP contribution in [0.25, 0.3) is 32.8 Å². The lowest BCUT2D eigenvalue weighted by Crippen LogP contribution is -2.40. The summed E-state index contributed by atoms with van der Waals surface area (Å²) < 4.78 is 13.4. The Hall–Kier alpha value is -3.07. The van der Waals surface area contributed by atoms with Crippen molar-refractivity contribution < 1.29 is 14.0 Å². The maximum absolute atomic E-state index is 5.53. The molecule has 0 saturated heterocycles. The molecular formula is C23H20NO2+. The molecule has 0 radical (unpaired) electrons. The number of aryl methyl sites for hydroxylation is 2. The molecule has 0 N–H and O–H groups in total. The third kappa shape index (κ3) is 2.24. The van der Waals surface area contributed by atoms with Crippen LogP contribution in [0.4, 0.5) is 0 Å². The van der Waals surface area contributed by atoms with E-state index in [0.29, 0.717) is 0 Å². The highest BCUT2D eigenvalue weighted by atomic mass is 16.5. The van der Waals surface area contributed by atoms with Gasteiger partial charge in [0.2, 0.25) is 5.69 Å². The smallest absolute Gasteiger partial charge is 0.213 e. The summed E-state index contributed by atoms with van der Waals surface area (Å²) in [5.74, 6) is 1.57. The molecule has 0 spiro atoms. The molecule has 0 bridgehead atoms. The van der Waals surface area contributed by atoms with Gasteiger partial charge in [0.05, 0.1) is 19.8 Å². The predicted octanol–water partition coefficient (Wildman–Crippen LogP) is 4.52. The molecule has 3 heteroatoms. The zero-order valence-electron chi connectivity index (χ0n) is 15.0. The highest BCUT2D eigenvalue weighted by Gasteiger charge is 2.25. The van der Waals surface area contributed by atoms with Crippen LogP contribution < -0.4 is 14.0 Å². The van der Waals surface area contributed by atoms with Crippen LogP contribution in [0.3, 0.4) is 0 Å². The summed E-state index contributed by atoms with van der Waals surface area (Å²) in [6.45, 7) is 0.973. The Morgan fingerprint density at radius 1 is 0.769 bits per heavy atom. The number of ether oxygens (including phenoxy) is 2. The molecule has 0 fully saturated rings. The molecule has 0 amide bonds. The Kier molecular flexibility index (Phi) is 3.35. The minimum Gasteiger partial charge on any atom is -0.493 e. The molecular weight excluding hydrogens is 322 g/mol. The van der Waals surface area contributed by atoms with E-state index in [-0.39, 0.29) is 0 Å². The lowest BCUT2D eigenvalue weighted by molar-refractivity contribution is -0.686. The average Bonchev–Trinajstić information content (AvgIpc) is 2.69. The molecule has 1 aliphatic rings. The minimum atomic E-state index is 0.776. The zero-order chi connectivity index (χ0) is 17.7. The summed E-state index contributed by atoms with van der Waals surface area (Å²) in [5.41, 5.74) is 3.77. The summed E-state index contributed by atoms with van der Waals surface area (Å²) in [7, 11) is 3.38. The Balaban J connectivity index is 1.77. The number of hydrogen-bond donors (Lipinski definition) is 0. The first-order valence-corrected chi connectivity index (χ1v) is 8.88. The lowest BCUT2D eigenvalue weighted by Gasteiger charge is -2.18. The molecule has 3 nitrogen and oxygen atoms in total. The summed E-state index contributed by atoms with van der Waals surface area (Å²) in [6, 6.07) is 19.6. The van der Waals surface area contributed by atoms with Gasteiger partial charge in [-0.1, -0.05) is 24.3 Å². The van der Waals surface area contributed by atoms with Gasteiger partial charge in [0, 0.05) is 17.9 Å². The van der Waals surface area contributed by atoms with Crippen LogP contribution in [0, 0.1) is 0 Å². The number of hydrogen-bond acceptors (Lipinski definition) is 2. The highest BCUT2D eigenvalue weighted by Crippen LogP contribution is 2.37. The second kappa shape index (κ2) is 5.73. The molecule has 1 aliphatic heterocycles. The van der Waals surface area contributed by atoms with E-state index in [1.54, 1.807) is 14.2 Å². The average molecular weight is 342 g/mol. The van der Waals surface area contributed by atoms with Crippen LogP contribution in [0.1, 0.15) is 5.56 Å². The lowest BCUT2D eigenvalue weighted by atomic mass is 9.94. The molecule has 4 aromatic rings. The SMILES string of the molecule is COc1cc2c(cc1OC)-c1cc3cc4ccccc4cc3c[n+]1CC2. The molecule has 128 valence electrons. The van der Waals surface area contributed by atoms with Gasteiger partial charge in [0.25, 0.3) is 0 Å². The van der Waals surface area contributed by atoms with E-state index in [1.165, 1.54) is 38.4 Å². The van der Waals surface area contributed by atoms with E-state index in [4.69, 9.17) is 9.47 Å². The first-order valence-electron chi connectivity index (χ1n) is 8.88. The first-order chi connectivity index (χ1) is 12.8. The number of fused-ring (bicyclic) bond motifs is 5. The maximum atomic E-state index is 5.53. The fraction of sp³-hybridized carbons (Fsp3) is 0.174.